The first-order chi connectivity index (χ1) is 12.3. The third-order valence-corrected chi connectivity index (χ3v) is 4.60. The summed E-state index contributed by atoms with van der Waals surface area (Å²) in [7, 11) is 0. The SMILES string of the molecule is CC1CCN(c2ccc(C(=O)Nc3ccccc3C(F)(F)F)cn2)CC1. The van der Waals surface area contributed by atoms with Crippen LogP contribution in [0.3, 0.4) is 0 Å². The highest BCUT2D eigenvalue weighted by atomic mass is 19.4. The molecular formula is C19H20F3N3O. The van der Waals surface area contributed by atoms with E-state index in [0.717, 1.165) is 37.8 Å². The predicted octanol–water partition coefficient (Wildman–Crippen LogP) is 4.59. The first-order valence-electron chi connectivity index (χ1n) is 8.53. The van der Waals surface area contributed by atoms with Crippen molar-refractivity contribution in [1.82, 2.24) is 4.98 Å². The fraction of sp³-hybridized carbons (Fsp3) is 0.368. The molecule has 0 unspecified atom stereocenters. The number of hydrogen-bond acceptors (Lipinski definition) is 3. The van der Waals surface area contributed by atoms with Gasteiger partial charge in [0.1, 0.15) is 5.82 Å². The Kier molecular flexibility index (Phi) is 5.15. The van der Waals surface area contributed by atoms with Crippen molar-refractivity contribution in [2.75, 3.05) is 23.3 Å². The maximum Gasteiger partial charge on any atom is 0.418 e. The van der Waals surface area contributed by atoms with Gasteiger partial charge in [-0.15, -0.1) is 0 Å². The van der Waals surface area contributed by atoms with Crippen molar-refractivity contribution in [2.45, 2.75) is 25.9 Å². The molecule has 0 atom stereocenters. The summed E-state index contributed by atoms with van der Waals surface area (Å²) in [5.41, 5.74) is -0.921. The minimum atomic E-state index is -4.53. The number of pyridine rings is 1. The van der Waals surface area contributed by atoms with Gasteiger partial charge in [-0.05, 0) is 43.0 Å². The molecule has 1 aliphatic rings. The molecule has 0 spiro atoms. The third kappa shape index (κ3) is 4.15. The number of para-hydroxylation sites is 1. The number of alkyl halides is 3. The fourth-order valence-corrected chi connectivity index (χ4v) is 2.98. The second-order valence-corrected chi connectivity index (χ2v) is 6.57. The number of carbonyl (C=O) groups excluding carboxylic acids is 1. The van der Waals surface area contributed by atoms with E-state index in [4.69, 9.17) is 0 Å². The fourth-order valence-electron chi connectivity index (χ4n) is 2.98. The number of rotatable bonds is 3. The topological polar surface area (TPSA) is 45.2 Å². The van der Waals surface area contributed by atoms with Gasteiger partial charge in [0.25, 0.3) is 5.91 Å². The van der Waals surface area contributed by atoms with Gasteiger partial charge in [0, 0.05) is 19.3 Å². The molecule has 0 radical (unpaired) electrons. The number of aromatic nitrogens is 1. The molecule has 2 heterocycles. The number of nitrogens with zero attached hydrogens (tertiary/aromatic N) is 2. The zero-order valence-electron chi connectivity index (χ0n) is 14.4. The number of nitrogens with one attached hydrogen (secondary N) is 1. The van der Waals surface area contributed by atoms with Gasteiger partial charge >= 0.3 is 6.18 Å². The molecule has 1 fully saturated rings. The molecule has 0 bridgehead atoms. The van der Waals surface area contributed by atoms with Crippen molar-refractivity contribution >= 4 is 17.4 Å². The summed E-state index contributed by atoms with van der Waals surface area (Å²) in [4.78, 5) is 18.7. The molecule has 1 saturated heterocycles. The normalized spacial score (nSPS) is 15.8. The van der Waals surface area contributed by atoms with Crippen molar-refractivity contribution < 1.29 is 18.0 Å². The van der Waals surface area contributed by atoms with E-state index in [1.165, 1.54) is 24.4 Å². The Hall–Kier alpha value is -2.57. The molecule has 4 nitrogen and oxygen atoms in total. The zero-order chi connectivity index (χ0) is 18.7. The zero-order valence-corrected chi connectivity index (χ0v) is 14.4. The molecule has 26 heavy (non-hydrogen) atoms. The lowest BCUT2D eigenvalue weighted by Gasteiger charge is -2.31. The van der Waals surface area contributed by atoms with Crippen LogP contribution in [0.1, 0.15) is 35.7 Å². The van der Waals surface area contributed by atoms with E-state index in [1.54, 1.807) is 12.1 Å². The molecule has 1 aliphatic heterocycles. The summed E-state index contributed by atoms with van der Waals surface area (Å²) in [5, 5.41) is 2.33. The minimum Gasteiger partial charge on any atom is -0.357 e. The highest BCUT2D eigenvalue weighted by Gasteiger charge is 2.33. The van der Waals surface area contributed by atoms with Crippen LogP contribution >= 0.6 is 0 Å². The van der Waals surface area contributed by atoms with E-state index >= 15 is 0 Å². The smallest absolute Gasteiger partial charge is 0.357 e. The largest absolute Gasteiger partial charge is 0.418 e. The van der Waals surface area contributed by atoms with Crippen molar-refractivity contribution in [3.8, 4) is 0 Å². The van der Waals surface area contributed by atoms with E-state index in [9.17, 15) is 18.0 Å². The lowest BCUT2D eigenvalue weighted by Crippen LogP contribution is -2.33. The van der Waals surface area contributed by atoms with Crippen LogP contribution in [-0.4, -0.2) is 24.0 Å². The number of amides is 1. The van der Waals surface area contributed by atoms with Gasteiger partial charge in [-0.1, -0.05) is 19.1 Å². The van der Waals surface area contributed by atoms with Crippen LogP contribution in [0, 0.1) is 5.92 Å². The van der Waals surface area contributed by atoms with E-state index in [1.807, 2.05) is 0 Å². The Morgan fingerprint density at radius 1 is 1.15 bits per heavy atom. The van der Waals surface area contributed by atoms with Crippen molar-refractivity contribution in [3.63, 3.8) is 0 Å². The van der Waals surface area contributed by atoms with Crippen molar-refractivity contribution in [1.29, 1.82) is 0 Å². The quantitative estimate of drug-likeness (QED) is 0.868. The Labute approximate surface area is 150 Å². The van der Waals surface area contributed by atoms with Crippen LogP contribution in [0.25, 0.3) is 0 Å². The number of piperidine rings is 1. The van der Waals surface area contributed by atoms with Crippen LogP contribution in [0.4, 0.5) is 24.7 Å². The summed E-state index contributed by atoms with van der Waals surface area (Å²) in [6.07, 6.45) is -0.938. The Morgan fingerprint density at radius 3 is 2.46 bits per heavy atom. The highest BCUT2D eigenvalue weighted by molar-refractivity contribution is 6.04. The van der Waals surface area contributed by atoms with Crippen LogP contribution in [0.2, 0.25) is 0 Å². The van der Waals surface area contributed by atoms with E-state index in [0.29, 0.717) is 5.92 Å². The van der Waals surface area contributed by atoms with Gasteiger partial charge in [0.2, 0.25) is 0 Å². The van der Waals surface area contributed by atoms with Crippen LogP contribution in [0.5, 0.6) is 0 Å². The average Bonchev–Trinajstić information content (AvgIpc) is 2.62. The average molecular weight is 363 g/mol. The van der Waals surface area contributed by atoms with Gasteiger partial charge < -0.3 is 10.2 Å². The van der Waals surface area contributed by atoms with Crippen molar-refractivity contribution in [3.05, 3.63) is 53.7 Å². The predicted molar refractivity (Wildman–Crippen MR) is 94.2 cm³/mol. The molecule has 1 amide bonds. The molecule has 2 aromatic rings. The summed E-state index contributed by atoms with van der Waals surface area (Å²) in [5.74, 6) is 0.863. The molecule has 0 aliphatic carbocycles. The first kappa shape index (κ1) is 18.2. The molecular weight excluding hydrogens is 343 g/mol. The van der Waals surface area contributed by atoms with E-state index < -0.39 is 17.6 Å². The van der Waals surface area contributed by atoms with E-state index in [-0.39, 0.29) is 11.3 Å². The van der Waals surface area contributed by atoms with Gasteiger partial charge in [-0.25, -0.2) is 4.98 Å². The van der Waals surface area contributed by atoms with Crippen molar-refractivity contribution in [2.24, 2.45) is 5.92 Å². The summed E-state index contributed by atoms with van der Waals surface area (Å²) in [6.45, 7) is 4.05. The van der Waals surface area contributed by atoms with Gasteiger partial charge in [-0.3, -0.25) is 4.79 Å². The van der Waals surface area contributed by atoms with Gasteiger partial charge in [0.15, 0.2) is 0 Å². The number of carbonyl (C=O) groups is 1. The molecule has 0 saturated carbocycles. The summed E-state index contributed by atoms with van der Waals surface area (Å²) in [6, 6.07) is 8.23. The van der Waals surface area contributed by atoms with Crippen LogP contribution in [0.15, 0.2) is 42.6 Å². The Bertz CT molecular complexity index is 766. The maximum absolute atomic E-state index is 13.0. The number of hydrogen-bond donors (Lipinski definition) is 1. The van der Waals surface area contributed by atoms with E-state index in [2.05, 4.69) is 22.1 Å². The number of benzene rings is 1. The lowest BCUT2D eigenvalue weighted by atomic mass is 9.99. The van der Waals surface area contributed by atoms with Crippen LogP contribution in [-0.2, 0) is 6.18 Å². The molecule has 138 valence electrons. The molecule has 3 rings (SSSR count). The number of halogens is 3. The molecule has 1 aromatic carbocycles. The minimum absolute atomic E-state index is 0.219. The van der Waals surface area contributed by atoms with Gasteiger partial charge in [0.05, 0.1) is 16.8 Å². The van der Waals surface area contributed by atoms with Crippen LogP contribution < -0.4 is 10.2 Å². The molecule has 1 aromatic heterocycles. The Morgan fingerprint density at radius 2 is 1.85 bits per heavy atom. The lowest BCUT2D eigenvalue weighted by molar-refractivity contribution is -0.136. The summed E-state index contributed by atoms with van der Waals surface area (Å²) < 4.78 is 39.1. The highest BCUT2D eigenvalue weighted by Crippen LogP contribution is 2.34. The standard InChI is InChI=1S/C19H20F3N3O/c1-13-8-10-25(11-9-13)17-7-6-14(12-23-17)18(26)24-16-5-3-2-4-15(16)19(20,21)22/h2-7,12-13H,8-11H2,1H3,(H,24,26). The second-order valence-electron chi connectivity index (χ2n) is 6.57. The first-order valence-corrected chi connectivity index (χ1v) is 8.53. The Balaban J connectivity index is 1.71. The third-order valence-electron chi connectivity index (χ3n) is 4.60. The summed E-state index contributed by atoms with van der Waals surface area (Å²) >= 11 is 0. The molecule has 7 heteroatoms. The maximum atomic E-state index is 13.0. The van der Waals surface area contributed by atoms with Gasteiger partial charge in [-0.2, -0.15) is 13.2 Å². The number of anilines is 2. The monoisotopic (exact) mass is 363 g/mol. The molecule has 1 N–H and O–H groups in total. The second kappa shape index (κ2) is 7.35.